The number of nitrogens with two attached hydrogens (primary N) is 1. The average molecular weight is 277 g/mol. The summed E-state index contributed by atoms with van der Waals surface area (Å²) in [5, 5.41) is 2.31. The minimum Gasteiger partial charge on any atom is -0.323 e. The maximum Gasteiger partial charge on any atom is 0.257 e. The molecule has 104 valence electrons. The van der Waals surface area contributed by atoms with E-state index in [1.807, 2.05) is 6.92 Å². The molecule has 0 aliphatic rings. The van der Waals surface area contributed by atoms with Gasteiger partial charge >= 0.3 is 0 Å². The molecule has 1 amide bonds. The van der Waals surface area contributed by atoms with E-state index in [1.54, 1.807) is 18.2 Å². The van der Waals surface area contributed by atoms with Gasteiger partial charge in [0.15, 0.2) is 0 Å². The molecule has 0 radical (unpaired) electrons. The minimum atomic E-state index is -0.714. The van der Waals surface area contributed by atoms with E-state index in [9.17, 15) is 13.6 Å². The van der Waals surface area contributed by atoms with Crippen LogP contribution in [0.4, 0.5) is 20.2 Å². The van der Waals surface area contributed by atoms with Crippen molar-refractivity contribution in [2.45, 2.75) is 6.92 Å². The lowest BCUT2D eigenvalue weighted by Gasteiger charge is -2.11. The van der Waals surface area contributed by atoms with Crippen molar-refractivity contribution >= 4 is 17.3 Å². The van der Waals surface area contributed by atoms with Crippen molar-refractivity contribution < 1.29 is 13.6 Å². The summed E-state index contributed by atoms with van der Waals surface area (Å²) in [6, 6.07) is 7.79. The quantitative estimate of drug-likeness (QED) is 0.597. The van der Waals surface area contributed by atoms with Crippen molar-refractivity contribution in [1.29, 1.82) is 0 Å². The van der Waals surface area contributed by atoms with Gasteiger partial charge in [0.2, 0.25) is 0 Å². The third-order valence-electron chi connectivity index (χ3n) is 2.75. The zero-order valence-electron chi connectivity index (χ0n) is 10.7. The molecule has 6 heteroatoms. The van der Waals surface area contributed by atoms with Gasteiger partial charge in [0.25, 0.3) is 5.91 Å². The predicted octanol–water partition coefficient (Wildman–Crippen LogP) is 2.81. The Morgan fingerprint density at radius 2 is 1.85 bits per heavy atom. The first-order chi connectivity index (χ1) is 9.51. The molecule has 0 unspecified atom stereocenters. The number of carbonyl (C=O) groups excluding carboxylic acids is 1. The first-order valence-electron chi connectivity index (χ1n) is 5.85. The number of hydrogen-bond acceptors (Lipinski definition) is 3. The highest BCUT2D eigenvalue weighted by Gasteiger charge is 2.13. The Morgan fingerprint density at radius 1 is 1.10 bits per heavy atom. The van der Waals surface area contributed by atoms with Crippen LogP contribution in [0.25, 0.3) is 0 Å². The molecule has 0 saturated carbocycles. The number of rotatable bonds is 3. The van der Waals surface area contributed by atoms with Crippen molar-refractivity contribution in [3.8, 4) is 0 Å². The van der Waals surface area contributed by atoms with Crippen molar-refractivity contribution in [1.82, 2.24) is 0 Å². The van der Waals surface area contributed by atoms with Crippen LogP contribution < -0.4 is 16.6 Å². The molecule has 0 fully saturated rings. The highest BCUT2D eigenvalue weighted by atomic mass is 19.1. The largest absolute Gasteiger partial charge is 0.323 e. The van der Waals surface area contributed by atoms with E-state index in [0.717, 1.165) is 23.8 Å². The van der Waals surface area contributed by atoms with E-state index >= 15 is 0 Å². The third kappa shape index (κ3) is 2.92. The first kappa shape index (κ1) is 14.0. The molecule has 2 rings (SSSR count). The van der Waals surface area contributed by atoms with Crippen LogP contribution >= 0.6 is 0 Å². The second-order valence-corrected chi connectivity index (χ2v) is 4.27. The van der Waals surface area contributed by atoms with E-state index in [0.29, 0.717) is 5.69 Å². The first-order valence-corrected chi connectivity index (χ1v) is 5.85. The number of aryl methyl sites for hydroxylation is 1. The van der Waals surface area contributed by atoms with Crippen LogP contribution in [-0.4, -0.2) is 5.91 Å². The number of carbonyl (C=O) groups is 1. The Bertz CT molecular complexity index is 659. The molecule has 0 spiro atoms. The lowest BCUT2D eigenvalue weighted by molar-refractivity contribution is 0.102. The van der Waals surface area contributed by atoms with Gasteiger partial charge in [-0.05, 0) is 36.8 Å². The van der Waals surface area contributed by atoms with Crippen LogP contribution in [0.1, 0.15) is 15.9 Å². The number of hydrazine groups is 1. The standard InChI is InChI=1S/C14H13F2N3O/c1-8-2-4-10(12(6-8)19-17)14(20)18-13-7-9(15)3-5-11(13)16/h2-7,19H,17H2,1H3,(H,18,20). The highest BCUT2D eigenvalue weighted by molar-refractivity contribution is 6.08. The van der Waals surface area contributed by atoms with E-state index in [1.165, 1.54) is 0 Å². The summed E-state index contributed by atoms with van der Waals surface area (Å²) in [5.74, 6) is 3.41. The molecular formula is C14H13F2N3O. The van der Waals surface area contributed by atoms with Gasteiger partial charge in [0.05, 0.1) is 16.9 Å². The zero-order valence-corrected chi connectivity index (χ0v) is 10.7. The van der Waals surface area contributed by atoms with Crippen molar-refractivity contribution in [2.75, 3.05) is 10.7 Å². The fourth-order valence-corrected chi connectivity index (χ4v) is 1.76. The summed E-state index contributed by atoms with van der Waals surface area (Å²) in [6.45, 7) is 1.84. The van der Waals surface area contributed by atoms with Crippen LogP contribution in [0.15, 0.2) is 36.4 Å². The van der Waals surface area contributed by atoms with E-state index in [4.69, 9.17) is 5.84 Å². The number of halogens is 2. The number of hydrogen-bond donors (Lipinski definition) is 3. The Kier molecular flexibility index (Phi) is 3.95. The van der Waals surface area contributed by atoms with Gasteiger partial charge in [-0.1, -0.05) is 6.07 Å². The number of anilines is 2. The predicted molar refractivity (Wildman–Crippen MR) is 73.3 cm³/mol. The highest BCUT2D eigenvalue weighted by Crippen LogP contribution is 2.20. The van der Waals surface area contributed by atoms with Crippen molar-refractivity contribution in [2.24, 2.45) is 5.84 Å². The molecule has 0 aliphatic carbocycles. The van der Waals surface area contributed by atoms with Crippen LogP contribution in [0.3, 0.4) is 0 Å². The summed E-state index contributed by atoms with van der Waals surface area (Å²) in [4.78, 5) is 12.1. The minimum absolute atomic E-state index is 0.224. The van der Waals surface area contributed by atoms with Gasteiger partial charge in [-0.3, -0.25) is 10.6 Å². The number of amides is 1. The summed E-state index contributed by atoms with van der Waals surface area (Å²) in [5.41, 5.74) is 3.73. The fourth-order valence-electron chi connectivity index (χ4n) is 1.76. The topological polar surface area (TPSA) is 67.2 Å². The Balaban J connectivity index is 2.30. The van der Waals surface area contributed by atoms with Gasteiger partial charge in [0, 0.05) is 6.07 Å². The molecule has 20 heavy (non-hydrogen) atoms. The van der Waals surface area contributed by atoms with E-state index in [-0.39, 0.29) is 11.3 Å². The van der Waals surface area contributed by atoms with E-state index < -0.39 is 17.5 Å². The van der Waals surface area contributed by atoms with Gasteiger partial charge < -0.3 is 10.7 Å². The maximum atomic E-state index is 13.5. The van der Waals surface area contributed by atoms with Crippen LogP contribution in [0, 0.1) is 18.6 Å². The molecule has 4 nitrogen and oxygen atoms in total. The Hall–Kier alpha value is -2.47. The Labute approximate surface area is 114 Å². The maximum absolute atomic E-state index is 13.5. The van der Waals surface area contributed by atoms with Crippen LogP contribution in [0.5, 0.6) is 0 Å². The van der Waals surface area contributed by atoms with Gasteiger partial charge in [0.1, 0.15) is 11.6 Å². The molecule has 0 aliphatic heterocycles. The normalized spacial score (nSPS) is 10.2. The molecule has 0 atom stereocenters. The average Bonchev–Trinajstić information content (AvgIpc) is 2.42. The van der Waals surface area contributed by atoms with Gasteiger partial charge in [-0.2, -0.15) is 0 Å². The third-order valence-corrected chi connectivity index (χ3v) is 2.75. The van der Waals surface area contributed by atoms with Crippen molar-refractivity contribution in [3.05, 3.63) is 59.2 Å². The molecular weight excluding hydrogens is 264 g/mol. The molecule has 0 bridgehead atoms. The molecule has 4 N–H and O–H groups in total. The lowest BCUT2D eigenvalue weighted by atomic mass is 10.1. The van der Waals surface area contributed by atoms with E-state index in [2.05, 4.69) is 10.7 Å². The smallest absolute Gasteiger partial charge is 0.257 e. The molecule has 2 aromatic rings. The molecule has 0 saturated heterocycles. The second kappa shape index (κ2) is 5.66. The fraction of sp³-hybridized carbons (Fsp3) is 0.0714. The molecule has 0 heterocycles. The summed E-state index contributed by atoms with van der Waals surface area (Å²) >= 11 is 0. The zero-order chi connectivity index (χ0) is 14.7. The Morgan fingerprint density at radius 3 is 2.55 bits per heavy atom. The molecule has 0 aromatic heterocycles. The van der Waals surface area contributed by atoms with Crippen LogP contribution in [-0.2, 0) is 0 Å². The van der Waals surface area contributed by atoms with Gasteiger partial charge in [-0.15, -0.1) is 0 Å². The number of nitrogen functional groups attached to an aromatic ring is 1. The summed E-state index contributed by atoms with van der Waals surface area (Å²) in [7, 11) is 0. The summed E-state index contributed by atoms with van der Waals surface area (Å²) in [6.07, 6.45) is 0. The van der Waals surface area contributed by atoms with Crippen LogP contribution in [0.2, 0.25) is 0 Å². The second-order valence-electron chi connectivity index (χ2n) is 4.27. The van der Waals surface area contributed by atoms with Gasteiger partial charge in [-0.25, -0.2) is 8.78 Å². The van der Waals surface area contributed by atoms with Crippen molar-refractivity contribution in [3.63, 3.8) is 0 Å². The number of nitrogens with one attached hydrogen (secondary N) is 2. The monoisotopic (exact) mass is 277 g/mol. The summed E-state index contributed by atoms with van der Waals surface area (Å²) < 4.78 is 26.5. The number of benzene rings is 2. The SMILES string of the molecule is Cc1ccc(C(=O)Nc2cc(F)ccc2F)c(NN)c1. The lowest BCUT2D eigenvalue weighted by Crippen LogP contribution is -2.18. The molecule has 2 aromatic carbocycles.